The Morgan fingerprint density at radius 3 is 2.32 bits per heavy atom. The van der Waals surface area contributed by atoms with E-state index in [9.17, 15) is 9.59 Å². The molecule has 0 spiro atoms. The number of amides is 2. The van der Waals surface area contributed by atoms with Gasteiger partial charge in [0.05, 0.1) is 0 Å². The molecule has 130 valence electrons. The topological polar surface area (TPSA) is 58.2 Å². The number of nitrogens with one attached hydrogen (secondary N) is 2. The van der Waals surface area contributed by atoms with E-state index in [4.69, 9.17) is 0 Å². The fourth-order valence-corrected chi connectivity index (χ4v) is 2.71. The number of aryl methyl sites for hydroxylation is 1. The molecule has 1 aliphatic carbocycles. The van der Waals surface area contributed by atoms with Crippen LogP contribution in [0.15, 0.2) is 42.5 Å². The number of carbonyl (C=O) groups is 2. The van der Waals surface area contributed by atoms with Gasteiger partial charge in [-0.2, -0.15) is 0 Å². The minimum Gasteiger partial charge on any atom is -0.352 e. The molecule has 0 aliphatic heterocycles. The standard InChI is InChI=1S/C21H24N2O2/c1-3-12-22-20(24)17-5-4-14(2)19(13-17)15-6-8-16(9-7-15)21(25)23-18-10-11-18/h4-9,13,18H,3,10-12H2,1-2H3,(H,22,24)(H,23,25). The molecule has 2 N–H and O–H groups in total. The van der Waals surface area contributed by atoms with Crippen LogP contribution in [0.25, 0.3) is 11.1 Å². The number of hydrogen-bond donors (Lipinski definition) is 2. The van der Waals surface area contributed by atoms with Gasteiger partial charge in [0.15, 0.2) is 0 Å². The number of carbonyl (C=O) groups excluding carboxylic acids is 2. The van der Waals surface area contributed by atoms with E-state index in [0.29, 0.717) is 23.7 Å². The lowest BCUT2D eigenvalue weighted by Gasteiger charge is -2.10. The van der Waals surface area contributed by atoms with Crippen LogP contribution in [-0.2, 0) is 0 Å². The third-order valence-electron chi connectivity index (χ3n) is 4.41. The molecular weight excluding hydrogens is 312 g/mol. The Kier molecular flexibility index (Phi) is 5.17. The molecule has 4 nitrogen and oxygen atoms in total. The zero-order valence-electron chi connectivity index (χ0n) is 14.8. The van der Waals surface area contributed by atoms with Crippen LogP contribution in [-0.4, -0.2) is 24.4 Å². The van der Waals surface area contributed by atoms with Gasteiger partial charge in [-0.15, -0.1) is 0 Å². The van der Waals surface area contributed by atoms with Crippen LogP contribution < -0.4 is 10.6 Å². The molecule has 2 aromatic carbocycles. The highest BCUT2D eigenvalue weighted by molar-refractivity contribution is 5.96. The fourth-order valence-electron chi connectivity index (χ4n) is 2.71. The van der Waals surface area contributed by atoms with Gasteiger partial charge >= 0.3 is 0 Å². The van der Waals surface area contributed by atoms with Crippen molar-refractivity contribution in [2.75, 3.05) is 6.54 Å². The molecule has 0 radical (unpaired) electrons. The molecule has 0 aromatic heterocycles. The first-order chi connectivity index (χ1) is 12.1. The summed E-state index contributed by atoms with van der Waals surface area (Å²) >= 11 is 0. The van der Waals surface area contributed by atoms with Crippen LogP contribution in [0.4, 0.5) is 0 Å². The summed E-state index contributed by atoms with van der Waals surface area (Å²) < 4.78 is 0. The van der Waals surface area contributed by atoms with Gasteiger partial charge in [0.2, 0.25) is 0 Å². The lowest BCUT2D eigenvalue weighted by molar-refractivity contribution is 0.0944. The number of benzene rings is 2. The van der Waals surface area contributed by atoms with Gasteiger partial charge in [-0.05, 0) is 67.1 Å². The van der Waals surface area contributed by atoms with Crippen LogP contribution in [0.1, 0.15) is 52.5 Å². The minimum absolute atomic E-state index is 0.0153. The highest BCUT2D eigenvalue weighted by atomic mass is 16.2. The summed E-state index contributed by atoms with van der Waals surface area (Å²) in [4.78, 5) is 24.3. The Balaban J connectivity index is 1.80. The molecule has 1 fully saturated rings. The third kappa shape index (κ3) is 4.27. The molecule has 0 saturated heterocycles. The molecule has 0 bridgehead atoms. The van der Waals surface area contributed by atoms with Crippen molar-refractivity contribution in [1.29, 1.82) is 0 Å². The molecule has 4 heteroatoms. The zero-order valence-corrected chi connectivity index (χ0v) is 14.8. The van der Waals surface area contributed by atoms with Crippen LogP contribution in [0, 0.1) is 6.92 Å². The van der Waals surface area contributed by atoms with Crippen LogP contribution >= 0.6 is 0 Å². The van der Waals surface area contributed by atoms with E-state index >= 15 is 0 Å². The Bertz CT molecular complexity index is 777. The highest BCUT2D eigenvalue weighted by Gasteiger charge is 2.23. The van der Waals surface area contributed by atoms with Crippen molar-refractivity contribution in [3.05, 3.63) is 59.2 Å². The molecule has 3 rings (SSSR count). The SMILES string of the molecule is CCCNC(=O)c1ccc(C)c(-c2ccc(C(=O)NC3CC3)cc2)c1. The van der Waals surface area contributed by atoms with E-state index < -0.39 is 0 Å². The Morgan fingerprint density at radius 2 is 1.68 bits per heavy atom. The predicted molar refractivity (Wildman–Crippen MR) is 99.7 cm³/mol. The van der Waals surface area contributed by atoms with Crippen molar-refractivity contribution < 1.29 is 9.59 Å². The van der Waals surface area contributed by atoms with Crippen molar-refractivity contribution >= 4 is 11.8 Å². The minimum atomic E-state index is -0.0523. The summed E-state index contributed by atoms with van der Waals surface area (Å²) in [5, 5.41) is 5.90. The Hall–Kier alpha value is -2.62. The highest BCUT2D eigenvalue weighted by Crippen LogP contribution is 2.25. The maximum Gasteiger partial charge on any atom is 0.251 e. The second kappa shape index (κ2) is 7.51. The maximum absolute atomic E-state index is 12.2. The van der Waals surface area contributed by atoms with Gasteiger partial charge in [0, 0.05) is 23.7 Å². The van der Waals surface area contributed by atoms with E-state index in [1.54, 1.807) is 0 Å². The van der Waals surface area contributed by atoms with E-state index in [-0.39, 0.29) is 11.8 Å². The number of hydrogen-bond acceptors (Lipinski definition) is 2. The van der Waals surface area contributed by atoms with Crippen LogP contribution in [0.3, 0.4) is 0 Å². The first-order valence-electron chi connectivity index (χ1n) is 8.88. The van der Waals surface area contributed by atoms with Gasteiger partial charge in [-0.3, -0.25) is 9.59 Å². The molecule has 1 saturated carbocycles. The van der Waals surface area contributed by atoms with Crippen molar-refractivity contribution in [1.82, 2.24) is 10.6 Å². The van der Waals surface area contributed by atoms with Gasteiger partial charge < -0.3 is 10.6 Å². The molecule has 0 heterocycles. The zero-order chi connectivity index (χ0) is 17.8. The van der Waals surface area contributed by atoms with E-state index in [0.717, 1.165) is 36.0 Å². The molecule has 0 atom stereocenters. The predicted octanol–water partition coefficient (Wildman–Crippen LogP) is 3.69. The van der Waals surface area contributed by atoms with E-state index in [1.165, 1.54) is 0 Å². The third-order valence-corrected chi connectivity index (χ3v) is 4.41. The quantitative estimate of drug-likeness (QED) is 0.845. The van der Waals surface area contributed by atoms with E-state index in [2.05, 4.69) is 10.6 Å². The molecule has 0 unspecified atom stereocenters. The van der Waals surface area contributed by atoms with Crippen molar-refractivity contribution in [2.24, 2.45) is 0 Å². The van der Waals surface area contributed by atoms with Crippen LogP contribution in [0.5, 0.6) is 0 Å². The summed E-state index contributed by atoms with van der Waals surface area (Å²) in [5.74, 6) is -0.0676. The first kappa shape index (κ1) is 17.2. The summed E-state index contributed by atoms with van der Waals surface area (Å²) in [6, 6.07) is 13.7. The summed E-state index contributed by atoms with van der Waals surface area (Å²) in [7, 11) is 0. The number of rotatable bonds is 6. The second-order valence-electron chi connectivity index (χ2n) is 6.61. The Labute approximate surface area is 148 Å². The molecule has 25 heavy (non-hydrogen) atoms. The van der Waals surface area contributed by atoms with Crippen molar-refractivity contribution in [2.45, 2.75) is 39.2 Å². The van der Waals surface area contributed by atoms with Crippen LogP contribution in [0.2, 0.25) is 0 Å². The molecule has 2 amide bonds. The Morgan fingerprint density at radius 1 is 1.00 bits per heavy atom. The van der Waals surface area contributed by atoms with Gasteiger partial charge in [0.25, 0.3) is 11.8 Å². The van der Waals surface area contributed by atoms with E-state index in [1.807, 2.05) is 56.3 Å². The largest absolute Gasteiger partial charge is 0.352 e. The smallest absolute Gasteiger partial charge is 0.251 e. The van der Waals surface area contributed by atoms with Crippen molar-refractivity contribution in [3.8, 4) is 11.1 Å². The average molecular weight is 336 g/mol. The first-order valence-corrected chi connectivity index (χ1v) is 8.88. The lowest BCUT2D eigenvalue weighted by Crippen LogP contribution is -2.25. The monoisotopic (exact) mass is 336 g/mol. The summed E-state index contributed by atoms with van der Waals surface area (Å²) in [6.45, 7) is 4.73. The van der Waals surface area contributed by atoms with Gasteiger partial charge in [-0.25, -0.2) is 0 Å². The van der Waals surface area contributed by atoms with Crippen molar-refractivity contribution in [3.63, 3.8) is 0 Å². The van der Waals surface area contributed by atoms with Gasteiger partial charge in [0.1, 0.15) is 0 Å². The fraction of sp³-hybridized carbons (Fsp3) is 0.333. The maximum atomic E-state index is 12.2. The van der Waals surface area contributed by atoms with Gasteiger partial charge in [-0.1, -0.05) is 25.1 Å². The summed E-state index contributed by atoms with van der Waals surface area (Å²) in [5.41, 5.74) is 4.45. The molecule has 1 aliphatic rings. The normalized spacial score (nSPS) is 13.4. The lowest BCUT2D eigenvalue weighted by atomic mass is 9.97. The average Bonchev–Trinajstić information content (AvgIpc) is 3.44. The summed E-state index contributed by atoms with van der Waals surface area (Å²) in [6.07, 6.45) is 3.07. The second-order valence-corrected chi connectivity index (χ2v) is 6.61. The molecule has 2 aromatic rings. The molecular formula is C21H24N2O2.